The molecular formula is C12H23N3. The molecule has 0 aliphatic heterocycles. The third-order valence-electron chi connectivity index (χ3n) is 4.05. The second kappa shape index (κ2) is 4.03. The van der Waals surface area contributed by atoms with Crippen LogP contribution in [0.2, 0.25) is 0 Å². The van der Waals surface area contributed by atoms with Crippen LogP contribution in [-0.2, 0) is 0 Å². The summed E-state index contributed by atoms with van der Waals surface area (Å²) in [5.74, 6) is 0.651. The predicted octanol–water partition coefficient (Wildman–Crippen LogP) is 2.02. The van der Waals surface area contributed by atoms with Crippen LogP contribution in [0, 0.1) is 5.41 Å². The van der Waals surface area contributed by atoms with Crippen LogP contribution in [0.4, 0.5) is 0 Å². The van der Waals surface area contributed by atoms with Gasteiger partial charge in [0, 0.05) is 6.04 Å². The maximum absolute atomic E-state index is 5.88. The van der Waals surface area contributed by atoms with Crippen LogP contribution in [-0.4, -0.2) is 18.0 Å². The summed E-state index contributed by atoms with van der Waals surface area (Å²) in [6.45, 7) is 4.29. The fourth-order valence-electron chi connectivity index (χ4n) is 2.68. The lowest BCUT2D eigenvalue weighted by molar-refractivity contribution is 0.510. The number of nitrogens with one attached hydrogen (secondary N) is 1. The van der Waals surface area contributed by atoms with E-state index in [-0.39, 0.29) is 0 Å². The number of hydrogen-bond acceptors (Lipinski definition) is 1. The van der Waals surface area contributed by atoms with Crippen molar-refractivity contribution in [1.82, 2.24) is 5.32 Å². The molecule has 15 heavy (non-hydrogen) atoms. The maximum atomic E-state index is 5.88. The Labute approximate surface area is 92.5 Å². The largest absolute Gasteiger partial charge is 0.370 e. The maximum Gasteiger partial charge on any atom is 0.189 e. The number of hydrogen-bond donors (Lipinski definition) is 2. The van der Waals surface area contributed by atoms with E-state index in [1.54, 1.807) is 0 Å². The fourth-order valence-corrected chi connectivity index (χ4v) is 2.68. The topological polar surface area (TPSA) is 50.4 Å². The number of nitrogens with two attached hydrogens (primary N) is 1. The highest BCUT2D eigenvalue weighted by atomic mass is 15.1. The molecule has 86 valence electrons. The Kier molecular flexibility index (Phi) is 2.89. The molecular weight excluding hydrogens is 186 g/mol. The van der Waals surface area contributed by atoms with Crippen molar-refractivity contribution in [2.45, 2.75) is 64.5 Å². The van der Waals surface area contributed by atoms with Crippen molar-refractivity contribution in [3.05, 3.63) is 0 Å². The fraction of sp³-hybridized carbons (Fsp3) is 0.917. The molecule has 0 aromatic heterocycles. The van der Waals surface area contributed by atoms with Crippen LogP contribution >= 0.6 is 0 Å². The lowest BCUT2D eigenvalue weighted by atomic mass is 10.1. The molecule has 0 saturated heterocycles. The Morgan fingerprint density at radius 3 is 2.80 bits per heavy atom. The zero-order valence-corrected chi connectivity index (χ0v) is 9.92. The molecule has 3 N–H and O–H groups in total. The van der Waals surface area contributed by atoms with Crippen LogP contribution in [0.25, 0.3) is 0 Å². The van der Waals surface area contributed by atoms with Crippen molar-refractivity contribution >= 4 is 5.96 Å². The van der Waals surface area contributed by atoms with E-state index in [0.717, 1.165) is 6.42 Å². The van der Waals surface area contributed by atoms with Gasteiger partial charge in [0.05, 0.1) is 6.04 Å². The van der Waals surface area contributed by atoms with Gasteiger partial charge < -0.3 is 11.1 Å². The highest BCUT2D eigenvalue weighted by Crippen LogP contribution is 2.59. The van der Waals surface area contributed by atoms with Gasteiger partial charge in [-0.1, -0.05) is 19.8 Å². The number of rotatable bonds is 3. The van der Waals surface area contributed by atoms with E-state index in [0.29, 0.717) is 23.5 Å². The molecule has 0 aromatic carbocycles. The molecule has 2 aliphatic rings. The van der Waals surface area contributed by atoms with Crippen molar-refractivity contribution in [3.8, 4) is 0 Å². The lowest BCUT2D eigenvalue weighted by Gasteiger charge is -2.12. The van der Waals surface area contributed by atoms with Crippen molar-refractivity contribution in [2.75, 3.05) is 0 Å². The van der Waals surface area contributed by atoms with E-state index in [4.69, 9.17) is 5.73 Å². The minimum atomic E-state index is 0.437. The zero-order valence-electron chi connectivity index (χ0n) is 9.92. The molecule has 3 nitrogen and oxygen atoms in total. The lowest BCUT2D eigenvalue weighted by Crippen LogP contribution is -2.38. The zero-order chi connectivity index (χ0) is 10.9. The van der Waals surface area contributed by atoms with Crippen LogP contribution in [0.1, 0.15) is 52.4 Å². The summed E-state index contributed by atoms with van der Waals surface area (Å²) in [6.07, 6.45) is 7.90. The Morgan fingerprint density at radius 1 is 1.53 bits per heavy atom. The van der Waals surface area contributed by atoms with Crippen molar-refractivity contribution in [2.24, 2.45) is 16.1 Å². The first-order chi connectivity index (χ1) is 7.16. The molecule has 0 aromatic rings. The van der Waals surface area contributed by atoms with E-state index < -0.39 is 0 Å². The molecule has 2 rings (SSSR count). The Hall–Kier alpha value is -0.730. The SMILES string of the molecule is CCC(C)NC(N)=NC1CC12CCCC2. The van der Waals surface area contributed by atoms with Gasteiger partial charge in [0.25, 0.3) is 0 Å². The van der Waals surface area contributed by atoms with Gasteiger partial charge in [0.2, 0.25) is 0 Å². The summed E-state index contributed by atoms with van der Waals surface area (Å²) in [5.41, 5.74) is 6.45. The quantitative estimate of drug-likeness (QED) is 0.552. The van der Waals surface area contributed by atoms with Crippen LogP contribution in [0.3, 0.4) is 0 Å². The Bertz CT molecular complexity index is 254. The van der Waals surface area contributed by atoms with Crippen LogP contribution in [0.15, 0.2) is 4.99 Å². The minimum absolute atomic E-state index is 0.437. The summed E-state index contributed by atoms with van der Waals surface area (Å²) in [4.78, 5) is 4.60. The van der Waals surface area contributed by atoms with E-state index in [2.05, 4.69) is 24.2 Å². The molecule has 0 heterocycles. The molecule has 2 atom stereocenters. The predicted molar refractivity (Wildman–Crippen MR) is 63.8 cm³/mol. The van der Waals surface area contributed by atoms with Gasteiger partial charge in [-0.25, -0.2) is 4.99 Å². The van der Waals surface area contributed by atoms with Gasteiger partial charge in [0.15, 0.2) is 5.96 Å². The molecule has 2 fully saturated rings. The van der Waals surface area contributed by atoms with Gasteiger partial charge in [0.1, 0.15) is 0 Å². The van der Waals surface area contributed by atoms with Gasteiger partial charge in [-0.3, -0.25) is 0 Å². The van der Waals surface area contributed by atoms with E-state index >= 15 is 0 Å². The summed E-state index contributed by atoms with van der Waals surface area (Å²) < 4.78 is 0. The first-order valence-electron chi connectivity index (χ1n) is 6.26. The monoisotopic (exact) mass is 209 g/mol. The number of nitrogens with zero attached hydrogens (tertiary/aromatic N) is 1. The molecule has 2 unspecified atom stereocenters. The van der Waals surface area contributed by atoms with E-state index in [1.165, 1.54) is 32.1 Å². The smallest absolute Gasteiger partial charge is 0.189 e. The first-order valence-corrected chi connectivity index (χ1v) is 6.26. The standard InChI is InChI=1S/C12H23N3/c1-3-9(2)14-11(13)15-10-8-12(10)6-4-5-7-12/h9-10H,3-8H2,1-2H3,(H3,13,14,15). The van der Waals surface area contributed by atoms with Gasteiger partial charge >= 0.3 is 0 Å². The Balaban J connectivity index is 1.84. The highest BCUT2D eigenvalue weighted by Gasteiger charge is 2.55. The van der Waals surface area contributed by atoms with E-state index in [1.807, 2.05) is 0 Å². The molecule has 2 saturated carbocycles. The van der Waals surface area contributed by atoms with Crippen molar-refractivity contribution in [3.63, 3.8) is 0 Å². The van der Waals surface area contributed by atoms with Crippen molar-refractivity contribution in [1.29, 1.82) is 0 Å². The van der Waals surface area contributed by atoms with Gasteiger partial charge in [-0.2, -0.15) is 0 Å². The highest BCUT2D eigenvalue weighted by molar-refractivity contribution is 5.78. The van der Waals surface area contributed by atoms with E-state index in [9.17, 15) is 0 Å². The first kappa shape index (κ1) is 10.8. The van der Waals surface area contributed by atoms with Gasteiger partial charge in [-0.15, -0.1) is 0 Å². The number of guanidine groups is 1. The summed E-state index contributed by atoms with van der Waals surface area (Å²) in [7, 11) is 0. The third kappa shape index (κ3) is 2.27. The van der Waals surface area contributed by atoms with Crippen LogP contribution in [0.5, 0.6) is 0 Å². The molecule has 3 heteroatoms. The number of aliphatic imine (C=N–C) groups is 1. The molecule has 1 spiro atoms. The normalized spacial score (nSPS) is 30.5. The van der Waals surface area contributed by atoms with Crippen molar-refractivity contribution < 1.29 is 0 Å². The second-order valence-electron chi connectivity index (χ2n) is 5.26. The summed E-state index contributed by atoms with van der Waals surface area (Å²) >= 11 is 0. The Morgan fingerprint density at radius 2 is 2.20 bits per heavy atom. The summed E-state index contributed by atoms with van der Waals surface area (Å²) in [5, 5.41) is 3.23. The van der Waals surface area contributed by atoms with Crippen LogP contribution < -0.4 is 11.1 Å². The molecule has 2 aliphatic carbocycles. The second-order valence-corrected chi connectivity index (χ2v) is 5.26. The third-order valence-corrected chi connectivity index (χ3v) is 4.05. The average Bonchev–Trinajstić information content (AvgIpc) is 2.63. The molecule has 0 amide bonds. The molecule has 0 radical (unpaired) electrons. The van der Waals surface area contributed by atoms with Gasteiger partial charge in [-0.05, 0) is 38.0 Å². The summed E-state index contributed by atoms with van der Waals surface area (Å²) in [6, 6.07) is 0.962. The average molecular weight is 209 g/mol. The minimum Gasteiger partial charge on any atom is -0.370 e. The molecule has 0 bridgehead atoms.